The molecular weight excluding hydrogens is 333 g/mol. The first-order chi connectivity index (χ1) is 11.7. The number of hydrogen-bond donors (Lipinski definition) is 3. The van der Waals surface area contributed by atoms with Crippen molar-refractivity contribution in [3.63, 3.8) is 0 Å². The highest BCUT2D eigenvalue weighted by Gasteiger charge is 2.30. The number of rotatable bonds is 6. The van der Waals surface area contributed by atoms with Crippen molar-refractivity contribution in [3.8, 4) is 11.3 Å². The predicted molar refractivity (Wildman–Crippen MR) is 89.7 cm³/mol. The monoisotopic (exact) mass is 354 g/mol. The standard InChI is InChI=1S/C17H21F3N4O/c1-10(2)15(9-25)24-16-22-13(8-21)7-14(23-16)11-3-5-12(6-4-11)17(18,19)20/h3-7,10,15,25H,8-9,21H2,1-2H3,(H,22,23,24). The van der Waals surface area contributed by atoms with Crippen LogP contribution in [0.15, 0.2) is 30.3 Å². The van der Waals surface area contributed by atoms with Gasteiger partial charge in [-0.05, 0) is 24.1 Å². The summed E-state index contributed by atoms with van der Waals surface area (Å²) >= 11 is 0. The number of anilines is 1. The number of aliphatic hydroxyl groups excluding tert-OH is 1. The highest BCUT2D eigenvalue weighted by atomic mass is 19.4. The van der Waals surface area contributed by atoms with Crippen LogP contribution >= 0.6 is 0 Å². The Balaban J connectivity index is 2.36. The van der Waals surface area contributed by atoms with E-state index in [-0.39, 0.29) is 31.1 Å². The molecule has 0 aliphatic carbocycles. The molecule has 0 saturated carbocycles. The number of hydrogen-bond acceptors (Lipinski definition) is 5. The number of benzene rings is 1. The first-order valence-corrected chi connectivity index (χ1v) is 7.87. The average molecular weight is 354 g/mol. The molecule has 0 bridgehead atoms. The van der Waals surface area contributed by atoms with Crippen LogP contribution in [-0.4, -0.2) is 27.7 Å². The van der Waals surface area contributed by atoms with Gasteiger partial charge in [-0.3, -0.25) is 0 Å². The highest BCUT2D eigenvalue weighted by molar-refractivity contribution is 5.61. The first kappa shape index (κ1) is 19.1. The van der Waals surface area contributed by atoms with Crippen LogP contribution in [0.1, 0.15) is 25.1 Å². The van der Waals surface area contributed by atoms with Gasteiger partial charge in [-0.1, -0.05) is 26.0 Å². The Morgan fingerprint density at radius 3 is 2.28 bits per heavy atom. The third kappa shape index (κ3) is 4.90. The summed E-state index contributed by atoms with van der Waals surface area (Å²) in [7, 11) is 0. The molecule has 5 nitrogen and oxygen atoms in total. The molecule has 1 unspecified atom stereocenters. The summed E-state index contributed by atoms with van der Waals surface area (Å²) in [5.74, 6) is 0.426. The van der Waals surface area contributed by atoms with E-state index in [2.05, 4.69) is 15.3 Å². The zero-order valence-corrected chi connectivity index (χ0v) is 14.0. The molecule has 1 aromatic heterocycles. The van der Waals surface area contributed by atoms with E-state index in [0.717, 1.165) is 12.1 Å². The molecule has 0 radical (unpaired) electrons. The molecule has 136 valence electrons. The molecule has 1 heterocycles. The van der Waals surface area contributed by atoms with Gasteiger partial charge in [0, 0.05) is 12.1 Å². The number of nitrogens with two attached hydrogens (primary N) is 1. The molecule has 1 aromatic carbocycles. The van der Waals surface area contributed by atoms with Crippen LogP contribution in [0.4, 0.5) is 19.1 Å². The summed E-state index contributed by atoms with van der Waals surface area (Å²) in [6.07, 6.45) is -4.38. The predicted octanol–water partition coefficient (Wildman–Crippen LogP) is 3.05. The summed E-state index contributed by atoms with van der Waals surface area (Å²) in [5.41, 5.74) is 6.47. The van der Waals surface area contributed by atoms with Crippen LogP contribution in [0.2, 0.25) is 0 Å². The lowest BCUT2D eigenvalue weighted by molar-refractivity contribution is -0.137. The highest BCUT2D eigenvalue weighted by Crippen LogP contribution is 2.31. The molecule has 8 heteroatoms. The molecule has 0 amide bonds. The van der Waals surface area contributed by atoms with E-state index in [1.807, 2.05) is 13.8 Å². The Labute approximate surface area is 144 Å². The topological polar surface area (TPSA) is 84.1 Å². The van der Waals surface area contributed by atoms with E-state index < -0.39 is 11.7 Å². The fourth-order valence-electron chi connectivity index (χ4n) is 2.23. The summed E-state index contributed by atoms with van der Waals surface area (Å²) in [6.45, 7) is 3.95. The molecule has 2 aromatic rings. The first-order valence-electron chi connectivity index (χ1n) is 7.87. The second-order valence-corrected chi connectivity index (χ2v) is 6.02. The Hall–Kier alpha value is -2.19. The van der Waals surface area contributed by atoms with Crippen molar-refractivity contribution < 1.29 is 18.3 Å². The fourth-order valence-corrected chi connectivity index (χ4v) is 2.23. The van der Waals surface area contributed by atoms with Crippen LogP contribution in [0, 0.1) is 5.92 Å². The molecular formula is C17H21F3N4O. The molecule has 0 fully saturated rings. The fraction of sp³-hybridized carbons (Fsp3) is 0.412. The summed E-state index contributed by atoms with van der Waals surface area (Å²) in [4.78, 5) is 8.61. The Bertz CT molecular complexity index is 702. The number of halogens is 3. The van der Waals surface area contributed by atoms with Gasteiger partial charge in [0.15, 0.2) is 0 Å². The Morgan fingerprint density at radius 1 is 1.16 bits per heavy atom. The minimum absolute atomic E-state index is 0.0938. The van der Waals surface area contributed by atoms with Crippen molar-refractivity contribution in [3.05, 3.63) is 41.6 Å². The van der Waals surface area contributed by atoms with Crippen molar-refractivity contribution in [2.45, 2.75) is 32.6 Å². The van der Waals surface area contributed by atoms with E-state index in [9.17, 15) is 18.3 Å². The zero-order valence-electron chi connectivity index (χ0n) is 14.0. The van der Waals surface area contributed by atoms with Crippen LogP contribution in [0.25, 0.3) is 11.3 Å². The Kier molecular flexibility index (Phi) is 5.97. The van der Waals surface area contributed by atoms with Crippen molar-refractivity contribution in [1.29, 1.82) is 0 Å². The van der Waals surface area contributed by atoms with Crippen molar-refractivity contribution in [2.24, 2.45) is 11.7 Å². The van der Waals surface area contributed by atoms with Gasteiger partial charge < -0.3 is 16.2 Å². The van der Waals surface area contributed by atoms with Crippen molar-refractivity contribution in [2.75, 3.05) is 11.9 Å². The summed E-state index contributed by atoms with van der Waals surface area (Å²) in [6, 6.07) is 6.14. The second kappa shape index (κ2) is 7.79. The lowest BCUT2D eigenvalue weighted by Gasteiger charge is -2.20. The minimum Gasteiger partial charge on any atom is -0.394 e. The molecule has 1 atom stereocenters. The van der Waals surface area contributed by atoms with Crippen LogP contribution in [-0.2, 0) is 12.7 Å². The number of nitrogens with one attached hydrogen (secondary N) is 1. The maximum atomic E-state index is 12.7. The van der Waals surface area contributed by atoms with E-state index in [1.165, 1.54) is 12.1 Å². The maximum Gasteiger partial charge on any atom is 0.416 e. The molecule has 0 aliphatic heterocycles. The van der Waals surface area contributed by atoms with Gasteiger partial charge in [-0.25, -0.2) is 9.97 Å². The van der Waals surface area contributed by atoms with E-state index in [4.69, 9.17) is 5.73 Å². The molecule has 2 rings (SSSR count). The number of aliphatic hydroxyl groups is 1. The minimum atomic E-state index is -4.38. The van der Waals surface area contributed by atoms with Gasteiger partial charge in [0.2, 0.25) is 5.95 Å². The number of nitrogens with zero attached hydrogens (tertiary/aromatic N) is 2. The number of aromatic nitrogens is 2. The van der Waals surface area contributed by atoms with Crippen LogP contribution in [0.3, 0.4) is 0 Å². The smallest absolute Gasteiger partial charge is 0.394 e. The molecule has 4 N–H and O–H groups in total. The van der Waals surface area contributed by atoms with Gasteiger partial charge in [-0.15, -0.1) is 0 Å². The third-order valence-electron chi connectivity index (χ3n) is 3.81. The molecule has 0 spiro atoms. The average Bonchev–Trinajstić information content (AvgIpc) is 2.58. The van der Waals surface area contributed by atoms with E-state index >= 15 is 0 Å². The van der Waals surface area contributed by atoms with E-state index in [1.54, 1.807) is 6.07 Å². The lowest BCUT2D eigenvalue weighted by atomic mass is 10.1. The largest absolute Gasteiger partial charge is 0.416 e. The number of alkyl halides is 3. The van der Waals surface area contributed by atoms with Crippen LogP contribution < -0.4 is 11.1 Å². The SMILES string of the molecule is CC(C)C(CO)Nc1nc(CN)cc(-c2ccc(C(F)(F)F)cc2)n1. The summed E-state index contributed by atoms with van der Waals surface area (Å²) in [5, 5.41) is 12.5. The molecule has 0 aliphatic rings. The zero-order chi connectivity index (χ0) is 18.6. The maximum absolute atomic E-state index is 12.7. The van der Waals surface area contributed by atoms with Gasteiger partial charge in [0.1, 0.15) is 0 Å². The Morgan fingerprint density at radius 2 is 1.80 bits per heavy atom. The lowest BCUT2D eigenvalue weighted by Crippen LogP contribution is -2.30. The van der Waals surface area contributed by atoms with Gasteiger partial charge in [0.25, 0.3) is 0 Å². The normalized spacial score (nSPS) is 13.1. The summed E-state index contributed by atoms with van der Waals surface area (Å²) < 4.78 is 38.1. The van der Waals surface area contributed by atoms with Crippen molar-refractivity contribution >= 4 is 5.95 Å². The van der Waals surface area contributed by atoms with Gasteiger partial charge in [-0.2, -0.15) is 13.2 Å². The van der Waals surface area contributed by atoms with Crippen molar-refractivity contribution in [1.82, 2.24) is 9.97 Å². The van der Waals surface area contributed by atoms with E-state index in [0.29, 0.717) is 17.0 Å². The third-order valence-corrected chi connectivity index (χ3v) is 3.81. The second-order valence-electron chi connectivity index (χ2n) is 6.02. The molecule has 25 heavy (non-hydrogen) atoms. The van der Waals surface area contributed by atoms with Crippen LogP contribution in [0.5, 0.6) is 0 Å². The molecule has 0 saturated heterocycles. The van der Waals surface area contributed by atoms with Gasteiger partial charge >= 0.3 is 6.18 Å². The quantitative estimate of drug-likeness (QED) is 0.743. The van der Waals surface area contributed by atoms with Gasteiger partial charge in [0.05, 0.1) is 29.6 Å².